The Balaban J connectivity index is 1.20. The van der Waals surface area contributed by atoms with Gasteiger partial charge in [0.25, 0.3) is 5.91 Å². The summed E-state index contributed by atoms with van der Waals surface area (Å²) in [7, 11) is 4.11. The van der Waals surface area contributed by atoms with E-state index in [1.807, 2.05) is 18.2 Å². The maximum atomic E-state index is 12.7. The van der Waals surface area contributed by atoms with Crippen LogP contribution in [0.2, 0.25) is 0 Å². The van der Waals surface area contributed by atoms with Crippen molar-refractivity contribution in [3.05, 3.63) is 47.8 Å². The van der Waals surface area contributed by atoms with Crippen molar-refractivity contribution >= 4 is 11.8 Å². The molecule has 2 aliphatic carbocycles. The van der Waals surface area contributed by atoms with Crippen LogP contribution in [0.3, 0.4) is 0 Å². The van der Waals surface area contributed by atoms with E-state index in [-0.39, 0.29) is 17.9 Å². The molecule has 32 heavy (non-hydrogen) atoms. The molecule has 0 unspecified atom stereocenters. The SMILES string of the molecule is CN(C)CCc1cccc(C(=O)NC2CCC(CNC(=O)C3(n4ccnn4)CC3)CC2)c1. The smallest absolute Gasteiger partial charge is 0.251 e. The first-order chi connectivity index (χ1) is 15.5. The summed E-state index contributed by atoms with van der Waals surface area (Å²) in [6, 6.07) is 8.13. The molecule has 0 aliphatic heterocycles. The summed E-state index contributed by atoms with van der Waals surface area (Å²) in [5.74, 6) is 0.512. The molecule has 0 atom stereocenters. The number of hydrogen-bond donors (Lipinski definition) is 2. The van der Waals surface area contributed by atoms with Crippen LogP contribution in [-0.2, 0) is 16.8 Å². The van der Waals surface area contributed by atoms with E-state index in [2.05, 4.69) is 46.0 Å². The van der Waals surface area contributed by atoms with Crippen LogP contribution in [0.5, 0.6) is 0 Å². The summed E-state index contributed by atoms with van der Waals surface area (Å²) < 4.78 is 1.68. The highest BCUT2D eigenvalue weighted by molar-refractivity contribution is 5.94. The van der Waals surface area contributed by atoms with E-state index in [0.29, 0.717) is 12.5 Å². The monoisotopic (exact) mass is 438 g/mol. The summed E-state index contributed by atoms with van der Waals surface area (Å²) >= 11 is 0. The summed E-state index contributed by atoms with van der Waals surface area (Å²) in [5.41, 5.74) is 1.39. The minimum Gasteiger partial charge on any atom is -0.354 e. The summed E-state index contributed by atoms with van der Waals surface area (Å²) in [6.45, 7) is 1.65. The molecule has 8 nitrogen and oxygen atoms in total. The quantitative estimate of drug-likeness (QED) is 0.625. The molecule has 1 heterocycles. The number of carbonyl (C=O) groups excluding carboxylic acids is 2. The van der Waals surface area contributed by atoms with Crippen molar-refractivity contribution in [1.82, 2.24) is 30.5 Å². The number of nitrogens with one attached hydrogen (secondary N) is 2. The zero-order valence-electron chi connectivity index (χ0n) is 19.1. The lowest BCUT2D eigenvalue weighted by Crippen LogP contribution is -2.43. The van der Waals surface area contributed by atoms with E-state index < -0.39 is 5.54 Å². The lowest BCUT2D eigenvalue weighted by molar-refractivity contribution is -0.126. The molecule has 2 aliphatic rings. The number of nitrogens with zero attached hydrogens (tertiary/aromatic N) is 4. The van der Waals surface area contributed by atoms with E-state index in [9.17, 15) is 9.59 Å². The molecule has 2 saturated carbocycles. The van der Waals surface area contributed by atoms with Crippen LogP contribution in [0.4, 0.5) is 0 Å². The molecular weight excluding hydrogens is 404 g/mol. The Morgan fingerprint density at radius 3 is 2.62 bits per heavy atom. The highest BCUT2D eigenvalue weighted by atomic mass is 16.2. The van der Waals surface area contributed by atoms with Crippen LogP contribution in [0.1, 0.15) is 54.4 Å². The maximum absolute atomic E-state index is 12.7. The fourth-order valence-electron chi connectivity index (χ4n) is 4.52. The molecule has 1 aromatic heterocycles. The molecule has 0 radical (unpaired) electrons. The summed E-state index contributed by atoms with van der Waals surface area (Å²) in [5, 5.41) is 14.2. The third-order valence-electron chi connectivity index (χ3n) is 6.78. The first kappa shape index (κ1) is 22.5. The van der Waals surface area contributed by atoms with Crippen molar-refractivity contribution in [2.24, 2.45) is 5.92 Å². The van der Waals surface area contributed by atoms with Gasteiger partial charge in [-0.15, -0.1) is 5.10 Å². The van der Waals surface area contributed by atoms with Crippen LogP contribution in [-0.4, -0.2) is 64.9 Å². The Morgan fingerprint density at radius 2 is 1.97 bits per heavy atom. The molecule has 1 aromatic carbocycles. The van der Waals surface area contributed by atoms with Gasteiger partial charge in [0, 0.05) is 30.9 Å². The van der Waals surface area contributed by atoms with Crippen molar-refractivity contribution < 1.29 is 9.59 Å². The van der Waals surface area contributed by atoms with Gasteiger partial charge in [0.1, 0.15) is 5.54 Å². The zero-order chi connectivity index (χ0) is 22.6. The molecule has 2 N–H and O–H groups in total. The van der Waals surface area contributed by atoms with Crippen molar-refractivity contribution in [3.8, 4) is 0 Å². The van der Waals surface area contributed by atoms with E-state index in [1.165, 1.54) is 5.56 Å². The molecule has 2 fully saturated rings. The van der Waals surface area contributed by atoms with Crippen molar-refractivity contribution in [2.75, 3.05) is 27.2 Å². The molecule has 2 aromatic rings. The maximum Gasteiger partial charge on any atom is 0.251 e. The minimum absolute atomic E-state index is 0.0111. The first-order valence-electron chi connectivity index (χ1n) is 11.7. The fourth-order valence-corrected chi connectivity index (χ4v) is 4.52. The Hall–Kier alpha value is -2.74. The third kappa shape index (κ3) is 5.35. The third-order valence-corrected chi connectivity index (χ3v) is 6.78. The zero-order valence-corrected chi connectivity index (χ0v) is 19.1. The lowest BCUT2D eigenvalue weighted by Gasteiger charge is -2.29. The van der Waals surface area contributed by atoms with Crippen molar-refractivity contribution in [3.63, 3.8) is 0 Å². The van der Waals surface area contributed by atoms with Gasteiger partial charge in [-0.3, -0.25) is 9.59 Å². The first-order valence-corrected chi connectivity index (χ1v) is 11.7. The fraction of sp³-hybridized carbons (Fsp3) is 0.583. The van der Waals surface area contributed by atoms with Gasteiger partial charge in [-0.25, -0.2) is 4.68 Å². The van der Waals surface area contributed by atoms with Crippen molar-refractivity contribution in [2.45, 2.75) is 56.5 Å². The Bertz CT molecular complexity index is 914. The van der Waals surface area contributed by atoms with Gasteiger partial charge in [0.05, 0.1) is 6.20 Å². The number of likely N-dealkylation sites (N-methyl/N-ethyl adjacent to an activating group) is 1. The van der Waals surface area contributed by atoms with Crippen LogP contribution in [0.25, 0.3) is 0 Å². The largest absolute Gasteiger partial charge is 0.354 e. The highest BCUT2D eigenvalue weighted by Crippen LogP contribution is 2.43. The van der Waals surface area contributed by atoms with Gasteiger partial charge < -0.3 is 15.5 Å². The van der Waals surface area contributed by atoms with E-state index >= 15 is 0 Å². The predicted molar refractivity (Wildman–Crippen MR) is 122 cm³/mol. The number of hydrogen-bond acceptors (Lipinski definition) is 5. The van der Waals surface area contributed by atoms with Gasteiger partial charge in [0.15, 0.2) is 0 Å². The number of aromatic nitrogens is 3. The number of rotatable bonds is 9. The van der Waals surface area contributed by atoms with Gasteiger partial charge >= 0.3 is 0 Å². The Morgan fingerprint density at radius 1 is 1.19 bits per heavy atom. The van der Waals surface area contributed by atoms with Crippen LogP contribution < -0.4 is 10.6 Å². The van der Waals surface area contributed by atoms with E-state index in [4.69, 9.17) is 0 Å². The van der Waals surface area contributed by atoms with Gasteiger partial charge in [-0.05, 0) is 82.7 Å². The van der Waals surface area contributed by atoms with Gasteiger partial charge in [0.2, 0.25) is 5.91 Å². The van der Waals surface area contributed by atoms with Gasteiger partial charge in [-0.1, -0.05) is 17.3 Å². The number of carbonyl (C=O) groups is 2. The predicted octanol–water partition coefficient (Wildman–Crippen LogP) is 1.98. The van der Waals surface area contributed by atoms with Crippen molar-refractivity contribution in [1.29, 1.82) is 0 Å². The van der Waals surface area contributed by atoms with Crippen LogP contribution >= 0.6 is 0 Å². The standard InChI is InChI=1S/C24H34N6O2/c1-29(2)14-10-18-4-3-5-20(16-18)22(31)27-21-8-6-19(7-9-21)17-25-23(32)24(11-12-24)30-15-13-26-28-30/h3-5,13,15-16,19,21H,6-12,14,17H2,1-2H3,(H,25,32)(H,27,31). The van der Waals surface area contributed by atoms with E-state index in [1.54, 1.807) is 17.1 Å². The topological polar surface area (TPSA) is 92.2 Å². The highest BCUT2D eigenvalue weighted by Gasteiger charge is 2.52. The molecular formula is C24H34N6O2. The number of amides is 2. The van der Waals surface area contributed by atoms with E-state index in [0.717, 1.165) is 57.1 Å². The Labute approximate surface area is 189 Å². The second-order valence-electron chi connectivity index (χ2n) is 9.53. The Kier molecular flexibility index (Phi) is 6.89. The molecule has 0 bridgehead atoms. The summed E-state index contributed by atoms with van der Waals surface area (Å²) in [4.78, 5) is 27.6. The average Bonchev–Trinajstić information content (AvgIpc) is 3.43. The lowest BCUT2D eigenvalue weighted by atomic mass is 9.85. The molecule has 4 rings (SSSR count). The number of benzene rings is 1. The average molecular weight is 439 g/mol. The second-order valence-corrected chi connectivity index (χ2v) is 9.53. The second kappa shape index (κ2) is 9.81. The van der Waals surface area contributed by atoms with Crippen LogP contribution in [0.15, 0.2) is 36.7 Å². The normalized spacial score (nSPS) is 21.8. The molecule has 172 valence electrons. The minimum atomic E-state index is -0.525. The summed E-state index contributed by atoms with van der Waals surface area (Å²) in [6.07, 6.45) is 9.84. The molecule has 2 amide bonds. The molecule has 8 heteroatoms. The van der Waals surface area contributed by atoms with Gasteiger partial charge in [-0.2, -0.15) is 0 Å². The molecule has 0 spiro atoms. The van der Waals surface area contributed by atoms with Crippen LogP contribution in [0, 0.1) is 5.92 Å². The molecule has 0 saturated heterocycles.